The summed E-state index contributed by atoms with van der Waals surface area (Å²) in [7, 11) is -1.36. The Morgan fingerprint density at radius 3 is 2.86 bits per heavy atom. The van der Waals surface area contributed by atoms with Crippen LogP contribution in [0.15, 0.2) is 23.1 Å². The van der Waals surface area contributed by atoms with Gasteiger partial charge in [0.1, 0.15) is 0 Å². The molecule has 1 aliphatic heterocycles. The molecule has 21 heavy (non-hydrogen) atoms. The van der Waals surface area contributed by atoms with Gasteiger partial charge in [-0.15, -0.1) is 0 Å². The van der Waals surface area contributed by atoms with Crippen LogP contribution in [0.5, 0.6) is 0 Å². The molecule has 1 saturated heterocycles. The first kappa shape index (κ1) is 16.5. The minimum absolute atomic E-state index is 0.0707. The maximum absolute atomic E-state index is 13.2. The molecule has 6 heteroatoms. The number of ether oxygens (including phenoxy) is 1. The van der Waals surface area contributed by atoms with Gasteiger partial charge in [-0.25, -0.2) is 8.78 Å². The molecule has 0 saturated carbocycles. The van der Waals surface area contributed by atoms with Crippen LogP contribution in [0.1, 0.15) is 19.8 Å². The second kappa shape index (κ2) is 7.96. The van der Waals surface area contributed by atoms with E-state index in [0.29, 0.717) is 23.2 Å². The Balaban J connectivity index is 2.03. The lowest BCUT2D eigenvalue weighted by molar-refractivity contribution is 0.179. The monoisotopic (exact) mass is 317 g/mol. The number of nitrogens with one attached hydrogen (secondary N) is 1. The molecule has 0 amide bonds. The Hall–Kier alpha value is -0.850. The minimum atomic E-state index is -1.36. The molecule has 1 heterocycles. The average Bonchev–Trinajstić information content (AvgIpc) is 3.00. The molecule has 3 unspecified atom stereocenters. The number of benzene rings is 1. The van der Waals surface area contributed by atoms with E-state index in [-0.39, 0.29) is 6.04 Å². The summed E-state index contributed by atoms with van der Waals surface area (Å²) in [4.78, 5) is 0.330. The van der Waals surface area contributed by atoms with Crippen LogP contribution >= 0.6 is 0 Å². The maximum Gasteiger partial charge on any atom is 0.160 e. The molecule has 1 aromatic carbocycles. The van der Waals surface area contributed by atoms with Crippen molar-refractivity contribution in [3.63, 3.8) is 0 Å². The zero-order valence-electron chi connectivity index (χ0n) is 12.1. The summed E-state index contributed by atoms with van der Waals surface area (Å²) in [6, 6.07) is 3.50. The molecule has 1 N–H and O–H groups in total. The van der Waals surface area contributed by atoms with Crippen molar-refractivity contribution in [3.8, 4) is 0 Å². The van der Waals surface area contributed by atoms with Crippen molar-refractivity contribution in [3.05, 3.63) is 29.8 Å². The quantitative estimate of drug-likeness (QED) is 0.839. The topological polar surface area (TPSA) is 38.3 Å². The zero-order valence-corrected chi connectivity index (χ0v) is 12.9. The van der Waals surface area contributed by atoms with Crippen molar-refractivity contribution >= 4 is 10.8 Å². The highest BCUT2D eigenvalue weighted by Gasteiger charge is 2.27. The number of halogens is 2. The lowest BCUT2D eigenvalue weighted by Gasteiger charge is -2.23. The normalized spacial score (nSPS) is 21.4. The van der Waals surface area contributed by atoms with E-state index in [9.17, 15) is 13.0 Å². The highest BCUT2D eigenvalue weighted by atomic mass is 32.2. The van der Waals surface area contributed by atoms with Crippen molar-refractivity contribution in [2.24, 2.45) is 5.92 Å². The van der Waals surface area contributed by atoms with Gasteiger partial charge in [0.15, 0.2) is 11.6 Å². The molecule has 3 nitrogen and oxygen atoms in total. The molecular weight excluding hydrogens is 296 g/mol. The van der Waals surface area contributed by atoms with Crippen LogP contribution in [0.4, 0.5) is 8.78 Å². The SMILES string of the molecule is CCCNC(CS(=O)c1ccc(F)c(F)c1)C1CCOC1. The first-order valence-electron chi connectivity index (χ1n) is 7.26. The highest BCUT2D eigenvalue weighted by molar-refractivity contribution is 7.85. The van der Waals surface area contributed by atoms with Gasteiger partial charge in [-0.1, -0.05) is 6.92 Å². The van der Waals surface area contributed by atoms with Gasteiger partial charge in [-0.2, -0.15) is 0 Å². The largest absolute Gasteiger partial charge is 0.381 e. The third kappa shape index (κ3) is 4.56. The molecule has 1 aromatic rings. The molecule has 118 valence electrons. The van der Waals surface area contributed by atoms with Gasteiger partial charge in [-0.3, -0.25) is 4.21 Å². The summed E-state index contributed by atoms with van der Waals surface area (Å²) in [6.45, 7) is 4.31. The summed E-state index contributed by atoms with van der Waals surface area (Å²) >= 11 is 0. The van der Waals surface area contributed by atoms with Gasteiger partial charge >= 0.3 is 0 Å². The Kier molecular flexibility index (Phi) is 6.26. The van der Waals surface area contributed by atoms with Gasteiger partial charge in [-0.05, 0) is 37.6 Å². The van der Waals surface area contributed by atoms with Crippen molar-refractivity contribution in [2.75, 3.05) is 25.5 Å². The van der Waals surface area contributed by atoms with E-state index in [1.165, 1.54) is 6.07 Å². The summed E-state index contributed by atoms with van der Waals surface area (Å²) in [5.74, 6) is -1.16. The van der Waals surface area contributed by atoms with E-state index in [4.69, 9.17) is 4.74 Å². The lowest BCUT2D eigenvalue weighted by Crippen LogP contribution is -2.41. The van der Waals surface area contributed by atoms with Crippen molar-refractivity contribution in [1.82, 2.24) is 5.32 Å². The molecular formula is C15H21F2NO2S. The van der Waals surface area contributed by atoms with E-state index in [1.54, 1.807) is 0 Å². The van der Waals surface area contributed by atoms with Crippen LogP contribution in [0, 0.1) is 17.6 Å². The van der Waals surface area contributed by atoms with Crippen LogP contribution in [-0.4, -0.2) is 35.8 Å². The lowest BCUT2D eigenvalue weighted by atomic mass is 10.0. The number of hydrogen-bond donors (Lipinski definition) is 1. The minimum Gasteiger partial charge on any atom is -0.381 e. The number of rotatable bonds is 7. The second-order valence-electron chi connectivity index (χ2n) is 5.27. The first-order valence-corrected chi connectivity index (χ1v) is 8.58. The van der Waals surface area contributed by atoms with Gasteiger partial charge in [0, 0.05) is 29.2 Å². The molecule has 0 aliphatic carbocycles. The molecule has 3 atom stereocenters. The highest BCUT2D eigenvalue weighted by Crippen LogP contribution is 2.20. The van der Waals surface area contributed by atoms with Gasteiger partial charge in [0.2, 0.25) is 0 Å². The van der Waals surface area contributed by atoms with Gasteiger partial charge in [0.05, 0.1) is 17.4 Å². The van der Waals surface area contributed by atoms with Crippen LogP contribution in [-0.2, 0) is 15.5 Å². The van der Waals surface area contributed by atoms with Crippen LogP contribution in [0.25, 0.3) is 0 Å². The fourth-order valence-corrected chi connectivity index (χ4v) is 3.80. The molecule has 0 bridgehead atoms. The molecule has 1 fully saturated rings. The molecule has 0 spiro atoms. The molecule has 0 aromatic heterocycles. The second-order valence-corrected chi connectivity index (χ2v) is 6.77. The fourth-order valence-electron chi connectivity index (χ4n) is 2.44. The van der Waals surface area contributed by atoms with E-state index in [1.807, 2.05) is 0 Å². The van der Waals surface area contributed by atoms with Gasteiger partial charge < -0.3 is 10.1 Å². The zero-order chi connectivity index (χ0) is 15.2. The van der Waals surface area contributed by atoms with Crippen molar-refractivity contribution in [2.45, 2.75) is 30.7 Å². The van der Waals surface area contributed by atoms with Crippen LogP contribution in [0.3, 0.4) is 0 Å². The van der Waals surface area contributed by atoms with E-state index in [2.05, 4.69) is 12.2 Å². The Morgan fingerprint density at radius 2 is 2.24 bits per heavy atom. The molecule has 0 radical (unpaired) electrons. The van der Waals surface area contributed by atoms with Crippen LogP contribution in [0.2, 0.25) is 0 Å². The van der Waals surface area contributed by atoms with E-state index < -0.39 is 22.4 Å². The molecule has 1 aliphatic rings. The summed E-state index contributed by atoms with van der Waals surface area (Å²) < 4.78 is 43.9. The third-order valence-corrected chi connectivity index (χ3v) is 5.12. The Bertz CT molecular complexity index is 493. The summed E-state index contributed by atoms with van der Waals surface area (Å²) in [6.07, 6.45) is 1.93. The Morgan fingerprint density at radius 1 is 1.43 bits per heavy atom. The van der Waals surface area contributed by atoms with Crippen molar-refractivity contribution < 1.29 is 17.7 Å². The molecule has 2 rings (SSSR count). The predicted molar refractivity (Wildman–Crippen MR) is 78.6 cm³/mol. The fraction of sp³-hybridized carbons (Fsp3) is 0.600. The predicted octanol–water partition coefficient (Wildman–Crippen LogP) is 2.48. The smallest absolute Gasteiger partial charge is 0.160 e. The average molecular weight is 317 g/mol. The first-order chi connectivity index (χ1) is 10.1. The third-order valence-electron chi connectivity index (χ3n) is 3.68. The van der Waals surface area contributed by atoms with Gasteiger partial charge in [0.25, 0.3) is 0 Å². The van der Waals surface area contributed by atoms with Crippen LogP contribution < -0.4 is 5.32 Å². The summed E-state index contributed by atoms with van der Waals surface area (Å²) in [5.41, 5.74) is 0. The van der Waals surface area contributed by atoms with E-state index in [0.717, 1.165) is 38.1 Å². The maximum atomic E-state index is 13.2. The Labute approximate surface area is 126 Å². The van der Waals surface area contributed by atoms with Crippen molar-refractivity contribution in [1.29, 1.82) is 0 Å². The van der Waals surface area contributed by atoms with E-state index >= 15 is 0 Å². The number of hydrogen-bond acceptors (Lipinski definition) is 3. The standard InChI is InChI=1S/C15H21F2NO2S/c1-2-6-18-15(11-5-7-20-9-11)10-21(19)12-3-4-13(16)14(17)8-12/h3-4,8,11,15,18H,2,5-7,9-10H2,1H3. The summed E-state index contributed by atoms with van der Waals surface area (Å²) in [5, 5.41) is 3.40.